The Bertz CT molecular complexity index is 2030. The molecule has 2 amide bonds. The maximum Gasteiger partial charge on any atom is 0.408 e. The van der Waals surface area contributed by atoms with Crippen LogP contribution in [0, 0.1) is 0 Å². The maximum absolute atomic E-state index is 13.6. The van der Waals surface area contributed by atoms with Gasteiger partial charge in [-0.3, -0.25) is 9.59 Å². The molecule has 0 aliphatic heterocycles. The van der Waals surface area contributed by atoms with E-state index in [1.165, 1.54) is 7.11 Å². The Kier molecular flexibility index (Phi) is 20.9. The summed E-state index contributed by atoms with van der Waals surface area (Å²) in [6.45, 7) is 4.42. The minimum atomic E-state index is -1.44. The fraction of sp³-hybridized carbons (Fsp3) is 0.396. The fourth-order valence-corrected chi connectivity index (χ4v) is 6.20. The number of carboxylic acid groups (broad SMARTS) is 1. The van der Waals surface area contributed by atoms with Gasteiger partial charge in [0, 0.05) is 39.1 Å². The summed E-state index contributed by atoms with van der Waals surface area (Å²) in [7, 11) is 3.06. The summed E-state index contributed by atoms with van der Waals surface area (Å²) in [5.41, 5.74) is 3.11. The van der Waals surface area contributed by atoms with Crippen molar-refractivity contribution in [1.82, 2.24) is 10.6 Å². The average molecular weight is 887 g/mol. The SMILES string of the molecule is COCCCOc1ccc(C(C)(C)c2ccc(OCC(COC(=O)CC(COC)NC(=O)OCc3ccccc3)OC(=O)C(CCC(=O)O)NC(=O)OCc3ccccc3)cc2)cc1. The third-order valence-corrected chi connectivity index (χ3v) is 9.81. The van der Waals surface area contributed by atoms with E-state index in [0.29, 0.717) is 24.5 Å². The Labute approximate surface area is 373 Å². The number of rotatable bonds is 27. The molecule has 0 aliphatic carbocycles. The summed E-state index contributed by atoms with van der Waals surface area (Å²) >= 11 is 0. The van der Waals surface area contributed by atoms with Gasteiger partial charge in [-0.1, -0.05) is 98.8 Å². The van der Waals surface area contributed by atoms with Crippen molar-refractivity contribution in [2.24, 2.45) is 0 Å². The molecule has 64 heavy (non-hydrogen) atoms. The van der Waals surface area contributed by atoms with Crippen LogP contribution in [0.3, 0.4) is 0 Å². The molecular weight excluding hydrogens is 829 g/mol. The number of nitrogens with one attached hydrogen (secondary N) is 2. The number of methoxy groups -OCH3 is 2. The second-order valence-electron chi connectivity index (χ2n) is 15.2. The third kappa shape index (κ3) is 18.0. The second-order valence-corrected chi connectivity index (χ2v) is 15.2. The van der Waals surface area contributed by atoms with E-state index >= 15 is 0 Å². The molecule has 3 atom stereocenters. The van der Waals surface area contributed by atoms with E-state index < -0.39 is 66.7 Å². The molecule has 0 radical (unpaired) electrons. The van der Waals surface area contributed by atoms with E-state index in [-0.39, 0.29) is 39.3 Å². The molecule has 344 valence electrons. The predicted molar refractivity (Wildman–Crippen MR) is 234 cm³/mol. The Morgan fingerprint density at radius 1 is 0.625 bits per heavy atom. The van der Waals surface area contributed by atoms with Crippen molar-refractivity contribution < 1.29 is 67.0 Å². The molecule has 0 saturated carbocycles. The van der Waals surface area contributed by atoms with Crippen molar-refractivity contribution in [2.45, 2.75) is 76.3 Å². The number of hydrogen-bond donors (Lipinski definition) is 3. The van der Waals surface area contributed by atoms with E-state index in [1.807, 2.05) is 54.6 Å². The monoisotopic (exact) mass is 886 g/mol. The highest BCUT2D eigenvalue weighted by Crippen LogP contribution is 2.33. The van der Waals surface area contributed by atoms with Gasteiger partial charge in [0.25, 0.3) is 0 Å². The van der Waals surface area contributed by atoms with E-state index in [0.717, 1.165) is 28.9 Å². The normalized spacial score (nSPS) is 12.4. The van der Waals surface area contributed by atoms with Crippen molar-refractivity contribution in [3.63, 3.8) is 0 Å². The van der Waals surface area contributed by atoms with Crippen molar-refractivity contribution >= 4 is 30.1 Å². The summed E-state index contributed by atoms with van der Waals surface area (Å²) < 4.78 is 43.9. The van der Waals surface area contributed by atoms with Crippen LogP contribution in [0.4, 0.5) is 9.59 Å². The third-order valence-electron chi connectivity index (χ3n) is 9.81. The Morgan fingerprint density at radius 2 is 1.17 bits per heavy atom. The van der Waals surface area contributed by atoms with Crippen LogP contribution in [-0.4, -0.2) is 101 Å². The summed E-state index contributed by atoms with van der Waals surface area (Å²) in [6.07, 6.45) is -3.33. The van der Waals surface area contributed by atoms with Gasteiger partial charge in [-0.25, -0.2) is 14.4 Å². The van der Waals surface area contributed by atoms with Gasteiger partial charge in [0.05, 0.1) is 25.7 Å². The van der Waals surface area contributed by atoms with Crippen molar-refractivity contribution in [1.29, 1.82) is 0 Å². The molecule has 0 fully saturated rings. The molecule has 4 rings (SSSR count). The van der Waals surface area contributed by atoms with Crippen LogP contribution in [-0.2, 0) is 61.4 Å². The van der Waals surface area contributed by atoms with Crippen LogP contribution in [0.1, 0.15) is 61.8 Å². The zero-order chi connectivity index (χ0) is 46.2. The van der Waals surface area contributed by atoms with Crippen molar-refractivity contribution in [2.75, 3.05) is 47.3 Å². The molecule has 0 bridgehead atoms. The lowest BCUT2D eigenvalue weighted by atomic mass is 9.78. The van der Waals surface area contributed by atoms with Gasteiger partial charge in [-0.2, -0.15) is 0 Å². The molecule has 16 nitrogen and oxygen atoms in total. The first-order valence-electron chi connectivity index (χ1n) is 20.8. The molecule has 0 saturated heterocycles. The van der Waals surface area contributed by atoms with E-state index in [4.69, 9.17) is 37.9 Å². The highest BCUT2D eigenvalue weighted by Gasteiger charge is 2.29. The average Bonchev–Trinajstić information content (AvgIpc) is 3.29. The van der Waals surface area contributed by atoms with Crippen LogP contribution in [0.2, 0.25) is 0 Å². The Morgan fingerprint density at radius 3 is 1.70 bits per heavy atom. The lowest BCUT2D eigenvalue weighted by Crippen LogP contribution is -2.45. The van der Waals surface area contributed by atoms with Crippen LogP contribution in [0.15, 0.2) is 109 Å². The molecule has 3 N–H and O–H groups in total. The molecule has 0 spiro atoms. The molecular formula is C48H58N2O14. The van der Waals surface area contributed by atoms with Gasteiger partial charge in [-0.15, -0.1) is 0 Å². The first-order valence-corrected chi connectivity index (χ1v) is 20.8. The van der Waals surface area contributed by atoms with E-state index in [2.05, 4.69) is 24.5 Å². The number of amides is 2. The molecule has 0 aromatic heterocycles. The first kappa shape index (κ1) is 50.0. The predicted octanol–water partition coefficient (Wildman–Crippen LogP) is 6.75. The molecule has 0 heterocycles. The van der Waals surface area contributed by atoms with Crippen LogP contribution in [0.5, 0.6) is 11.5 Å². The topological polar surface area (TPSA) is 203 Å². The van der Waals surface area contributed by atoms with Crippen molar-refractivity contribution in [3.05, 3.63) is 131 Å². The largest absolute Gasteiger partial charge is 0.494 e. The number of alkyl carbamates (subject to hydrolysis) is 2. The van der Waals surface area contributed by atoms with Crippen LogP contribution >= 0.6 is 0 Å². The summed E-state index contributed by atoms with van der Waals surface area (Å²) in [5.74, 6) is -1.81. The standard InChI is InChI=1S/C48H58N2O14/c1-48(2,36-16-20-39(21-17-36)59-27-11-26-57-3)37-18-22-40(23-19-37)60-32-41(33-61-44(53)28-38(31-58-4)49-46(55)62-29-34-12-7-5-8-13-34)64-45(54)42(24-25-43(51)52)50-47(56)63-30-35-14-9-6-10-15-35/h5-10,12-23,38,41-42H,11,24-33H2,1-4H3,(H,49,55)(H,50,56)(H,51,52). The first-order chi connectivity index (χ1) is 30.9. The number of carboxylic acids is 1. The second kappa shape index (κ2) is 26.7. The van der Waals surface area contributed by atoms with Gasteiger partial charge in [0.15, 0.2) is 6.10 Å². The van der Waals surface area contributed by atoms with Gasteiger partial charge in [-0.05, 0) is 52.9 Å². The minimum Gasteiger partial charge on any atom is -0.494 e. The fourth-order valence-electron chi connectivity index (χ4n) is 6.20. The Balaban J connectivity index is 1.43. The molecule has 4 aromatic carbocycles. The number of carbonyl (C=O) groups is 5. The lowest BCUT2D eigenvalue weighted by molar-refractivity contribution is -0.163. The number of carbonyl (C=O) groups excluding carboxylic acids is 4. The number of aliphatic carboxylic acids is 1. The van der Waals surface area contributed by atoms with Gasteiger partial charge in [0.1, 0.15) is 44.0 Å². The Hall–Kier alpha value is -6.65. The zero-order valence-corrected chi connectivity index (χ0v) is 36.7. The summed E-state index contributed by atoms with van der Waals surface area (Å²) in [5, 5.41) is 14.4. The number of ether oxygens (including phenoxy) is 8. The van der Waals surface area contributed by atoms with E-state index in [9.17, 15) is 29.1 Å². The number of esters is 2. The van der Waals surface area contributed by atoms with Gasteiger partial charge in [0.2, 0.25) is 0 Å². The molecule has 3 unspecified atom stereocenters. The van der Waals surface area contributed by atoms with Crippen LogP contribution in [0.25, 0.3) is 0 Å². The zero-order valence-electron chi connectivity index (χ0n) is 36.7. The smallest absolute Gasteiger partial charge is 0.408 e. The summed E-state index contributed by atoms with van der Waals surface area (Å²) in [6, 6.07) is 30.9. The van der Waals surface area contributed by atoms with Crippen molar-refractivity contribution in [3.8, 4) is 11.5 Å². The quantitative estimate of drug-likeness (QED) is 0.0322. The molecule has 16 heteroatoms. The number of hydrogen-bond acceptors (Lipinski definition) is 13. The van der Waals surface area contributed by atoms with Crippen LogP contribution < -0.4 is 20.1 Å². The molecule has 0 aliphatic rings. The maximum atomic E-state index is 13.6. The summed E-state index contributed by atoms with van der Waals surface area (Å²) in [4.78, 5) is 63.5. The highest BCUT2D eigenvalue weighted by atomic mass is 16.6. The van der Waals surface area contributed by atoms with E-state index in [1.54, 1.807) is 61.7 Å². The molecule has 4 aromatic rings. The lowest BCUT2D eigenvalue weighted by Gasteiger charge is -2.27. The highest BCUT2D eigenvalue weighted by molar-refractivity contribution is 5.82. The van der Waals surface area contributed by atoms with Gasteiger partial charge < -0.3 is 53.6 Å². The number of benzene rings is 4. The van der Waals surface area contributed by atoms with Gasteiger partial charge >= 0.3 is 30.1 Å². The minimum absolute atomic E-state index is 0.0113.